The van der Waals surface area contributed by atoms with E-state index in [4.69, 9.17) is 4.74 Å². The minimum atomic E-state index is -0.334. The van der Waals surface area contributed by atoms with E-state index >= 15 is 0 Å². The zero-order valence-corrected chi connectivity index (χ0v) is 9.99. The first-order valence-corrected chi connectivity index (χ1v) is 5.52. The molecule has 0 radical (unpaired) electrons. The Hall–Kier alpha value is -1.36. The SMILES string of the molecule is CCc1nc(C(=O)OC)c2n1CCN(C)C2. The number of nitrogens with zero attached hydrogens (tertiary/aromatic N) is 3. The Bertz CT molecular complexity index is 412. The maximum Gasteiger partial charge on any atom is 0.358 e. The molecule has 0 bridgehead atoms. The summed E-state index contributed by atoms with van der Waals surface area (Å²) in [4.78, 5) is 18.2. The number of carbonyl (C=O) groups is 1. The van der Waals surface area contributed by atoms with E-state index in [-0.39, 0.29) is 5.97 Å². The number of methoxy groups -OCH3 is 1. The van der Waals surface area contributed by atoms with Crippen molar-refractivity contribution in [1.29, 1.82) is 0 Å². The van der Waals surface area contributed by atoms with Gasteiger partial charge in [-0.1, -0.05) is 6.92 Å². The van der Waals surface area contributed by atoms with E-state index in [0.717, 1.165) is 37.6 Å². The highest BCUT2D eigenvalue weighted by Gasteiger charge is 2.25. The molecule has 0 aromatic carbocycles. The molecule has 0 amide bonds. The minimum Gasteiger partial charge on any atom is -0.464 e. The zero-order chi connectivity index (χ0) is 11.7. The van der Waals surface area contributed by atoms with Crippen LogP contribution in [-0.2, 0) is 24.2 Å². The molecule has 0 aliphatic carbocycles. The lowest BCUT2D eigenvalue weighted by atomic mass is 10.2. The van der Waals surface area contributed by atoms with Gasteiger partial charge in [0, 0.05) is 26.1 Å². The first-order valence-electron chi connectivity index (χ1n) is 5.52. The van der Waals surface area contributed by atoms with Crippen molar-refractivity contribution in [3.63, 3.8) is 0 Å². The zero-order valence-electron chi connectivity index (χ0n) is 9.99. The minimum absolute atomic E-state index is 0.334. The molecule has 2 rings (SSSR count). The van der Waals surface area contributed by atoms with Crippen LogP contribution in [0.5, 0.6) is 0 Å². The molecule has 1 aliphatic heterocycles. The molecule has 1 aromatic heterocycles. The molecule has 16 heavy (non-hydrogen) atoms. The number of likely N-dealkylation sites (N-methyl/N-ethyl adjacent to an activating group) is 1. The smallest absolute Gasteiger partial charge is 0.358 e. The fourth-order valence-electron chi connectivity index (χ4n) is 2.10. The van der Waals surface area contributed by atoms with E-state index < -0.39 is 0 Å². The van der Waals surface area contributed by atoms with Crippen LogP contribution in [0.1, 0.15) is 28.9 Å². The van der Waals surface area contributed by atoms with Gasteiger partial charge in [-0.25, -0.2) is 9.78 Å². The number of imidazole rings is 1. The van der Waals surface area contributed by atoms with Crippen LogP contribution in [0.4, 0.5) is 0 Å². The monoisotopic (exact) mass is 223 g/mol. The summed E-state index contributed by atoms with van der Waals surface area (Å²) in [5.74, 6) is 0.641. The first kappa shape index (κ1) is 11.1. The lowest BCUT2D eigenvalue weighted by Crippen LogP contribution is -2.31. The average Bonchev–Trinajstić information content (AvgIpc) is 2.66. The number of esters is 1. The Morgan fingerprint density at radius 1 is 1.50 bits per heavy atom. The van der Waals surface area contributed by atoms with Gasteiger partial charge < -0.3 is 9.30 Å². The summed E-state index contributed by atoms with van der Waals surface area (Å²) in [6.45, 7) is 4.71. The summed E-state index contributed by atoms with van der Waals surface area (Å²) in [5.41, 5.74) is 1.46. The number of fused-ring (bicyclic) bond motifs is 1. The third kappa shape index (κ3) is 1.71. The molecule has 1 aromatic rings. The molecule has 0 N–H and O–H groups in total. The van der Waals surface area contributed by atoms with Crippen LogP contribution in [0.3, 0.4) is 0 Å². The number of carbonyl (C=O) groups excluding carboxylic acids is 1. The van der Waals surface area contributed by atoms with Gasteiger partial charge in [-0.2, -0.15) is 0 Å². The second kappa shape index (κ2) is 4.25. The van der Waals surface area contributed by atoms with Gasteiger partial charge in [0.05, 0.1) is 12.8 Å². The molecule has 5 nitrogen and oxygen atoms in total. The molecule has 5 heteroatoms. The average molecular weight is 223 g/mol. The Balaban J connectivity index is 2.46. The number of hydrogen-bond acceptors (Lipinski definition) is 4. The van der Waals surface area contributed by atoms with Gasteiger partial charge >= 0.3 is 5.97 Å². The number of hydrogen-bond donors (Lipinski definition) is 0. The van der Waals surface area contributed by atoms with Crippen LogP contribution in [0.25, 0.3) is 0 Å². The Labute approximate surface area is 95.0 Å². The lowest BCUT2D eigenvalue weighted by Gasteiger charge is -2.25. The van der Waals surface area contributed by atoms with E-state index in [1.807, 2.05) is 7.05 Å². The van der Waals surface area contributed by atoms with Gasteiger partial charge in [0.1, 0.15) is 5.82 Å². The largest absolute Gasteiger partial charge is 0.464 e. The Morgan fingerprint density at radius 3 is 2.88 bits per heavy atom. The summed E-state index contributed by atoms with van der Waals surface area (Å²) < 4.78 is 6.91. The van der Waals surface area contributed by atoms with Gasteiger partial charge in [0.25, 0.3) is 0 Å². The number of rotatable bonds is 2. The van der Waals surface area contributed by atoms with Gasteiger partial charge in [0.15, 0.2) is 5.69 Å². The van der Waals surface area contributed by atoms with Crippen molar-refractivity contribution >= 4 is 5.97 Å². The van der Waals surface area contributed by atoms with Gasteiger partial charge in [-0.3, -0.25) is 4.90 Å². The molecular formula is C11H17N3O2. The van der Waals surface area contributed by atoms with E-state index in [1.165, 1.54) is 7.11 Å². The molecule has 0 fully saturated rings. The van der Waals surface area contributed by atoms with Crippen molar-refractivity contribution in [2.45, 2.75) is 26.4 Å². The van der Waals surface area contributed by atoms with Gasteiger partial charge in [-0.05, 0) is 7.05 Å². The predicted octanol–water partition coefficient (Wildman–Crippen LogP) is 0.677. The quantitative estimate of drug-likeness (QED) is 0.692. The van der Waals surface area contributed by atoms with Gasteiger partial charge in [-0.15, -0.1) is 0 Å². The molecule has 0 saturated heterocycles. The number of aromatic nitrogens is 2. The highest BCUT2D eigenvalue weighted by atomic mass is 16.5. The molecule has 0 spiro atoms. The van der Waals surface area contributed by atoms with Crippen LogP contribution >= 0.6 is 0 Å². The van der Waals surface area contributed by atoms with Crippen LogP contribution in [-0.4, -0.2) is 41.1 Å². The van der Waals surface area contributed by atoms with E-state index in [9.17, 15) is 4.79 Å². The van der Waals surface area contributed by atoms with Crippen molar-refractivity contribution < 1.29 is 9.53 Å². The lowest BCUT2D eigenvalue weighted by molar-refractivity contribution is 0.0591. The molecule has 2 heterocycles. The van der Waals surface area contributed by atoms with Crippen molar-refractivity contribution in [2.24, 2.45) is 0 Å². The fourth-order valence-corrected chi connectivity index (χ4v) is 2.10. The van der Waals surface area contributed by atoms with Crippen molar-refractivity contribution in [2.75, 3.05) is 20.7 Å². The molecular weight excluding hydrogens is 206 g/mol. The van der Waals surface area contributed by atoms with Crippen LogP contribution in [0, 0.1) is 0 Å². The summed E-state index contributed by atoms with van der Waals surface area (Å²) in [7, 11) is 3.44. The number of ether oxygens (including phenoxy) is 1. The maximum absolute atomic E-state index is 11.6. The topological polar surface area (TPSA) is 47.4 Å². The Kier molecular flexibility index (Phi) is 2.96. The first-order chi connectivity index (χ1) is 7.67. The summed E-state index contributed by atoms with van der Waals surface area (Å²) in [5, 5.41) is 0. The maximum atomic E-state index is 11.6. The Morgan fingerprint density at radius 2 is 2.25 bits per heavy atom. The van der Waals surface area contributed by atoms with Gasteiger partial charge in [0.2, 0.25) is 0 Å². The summed E-state index contributed by atoms with van der Waals surface area (Å²) in [6, 6.07) is 0. The van der Waals surface area contributed by atoms with Crippen LogP contribution in [0.15, 0.2) is 0 Å². The standard InChI is InChI=1S/C11H17N3O2/c1-4-9-12-10(11(15)16-3)8-7-13(2)5-6-14(8)9/h4-7H2,1-3H3. The third-order valence-electron chi connectivity index (χ3n) is 2.97. The molecule has 88 valence electrons. The van der Waals surface area contributed by atoms with Crippen LogP contribution < -0.4 is 0 Å². The molecule has 0 saturated carbocycles. The highest BCUT2D eigenvalue weighted by molar-refractivity contribution is 5.88. The van der Waals surface area contributed by atoms with E-state index in [0.29, 0.717) is 5.69 Å². The summed E-state index contributed by atoms with van der Waals surface area (Å²) in [6.07, 6.45) is 0.841. The molecule has 1 aliphatic rings. The number of aryl methyl sites for hydroxylation is 1. The third-order valence-corrected chi connectivity index (χ3v) is 2.97. The van der Waals surface area contributed by atoms with E-state index in [2.05, 4.69) is 21.4 Å². The normalized spacial score (nSPS) is 15.9. The predicted molar refractivity (Wildman–Crippen MR) is 59.3 cm³/mol. The van der Waals surface area contributed by atoms with E-state index in [1.54, 1.807) is 0 Å². The molecule has 0 atom stereocenters. The highest BCUT2D eigenvalue weighted by Crippen LogP contribution is 2.19. The summed E-state index contributed by atoms with van der Waals surface area (Å²) >= 11 is 0. The second-order valence-corrected chi connectivity index (χ2v) is 4.06. The fraction of sp³-hybridized carbons (Fsp3) is 0.636. The van der Waals surface area contributed by atoms with Crippen molar-refractivity contribution in [3.05, 3.63) is 17.2 Å². The van der Waals surface area contributed by atoms with Crippen molar-refractivity contribution in [1.82, 2.24) is 14.5 Å². The second-order valence-electron chi connectivity index (χ2n) is 4.06. The molecule has 0 unspecified atom stereocenters. The van der Waals surface area contributed by atoms with Crippen molar-refractivity contribution in [3.8, 4) is 0 Å². The van der Waals surface area contributed by atoms with Crippen LogP contribution in [0.2, 0.25) is 0 Å².